The highest BCUT2D eigenvalue weighted by atomic mass is 16.5. The number of hydrogen-bond donors (Lipinski definition) is 1. The molecule has 0 aliphatic rings. The molecule has 0 amide bonds. The quantitative estimate of drug-likeness (QED) is 0.576. The Bertz CT molecular complexity index is 911. The number of aryl methyl sites for hydroxylation is 1. The summed E-state index contributed by atoms with van der Waals surface area (Å²) in [5, 5.41) is 0.827. The molecule has 1 aromatic heterocycles. The molecule has 0 spiro atoms. The first-order valence-corrected chi connectivity index (χ1v) is 7.52. The van der Waals surface area contributed by atoms with Crippen LogP contribution in [-0.2, 0) is 4.74 Å². The lowest BCUT2D eigenvalue weighted by molar-refractivity contribution is 0.0472. The molecular formula is C19H17NO4. The molecule has 0 unspecified atom stereocenters. The average Bonchev–Trinajstić information content (AvgIpc) is 2.95. The SMILES string of the molecule is COc1ccccc1C(=O)OCC(=O)c1c(C)[nH]c2ccccc12. The number of aromatic amines is 1. The van der Waals surface area contributed by atoms with Crippen molar-refractivity contribution in [3.8, 4) is 5.75 Å². The monoisotopic (exact) mass is 323 g/mol. The van der Waals surface area contributed by atoms with Gasteiger partial charge in [0, 0.05) is 22.2 Å². The first-order valence-electron chi connectivity index (χ1n) is 7.52. The lowest BCUT2D eigenvalue weighted by Gasteiger charge is -2.08. The van der Waals surface area contributed by atoms with Crippen molar-refractivity contribution in [1.82, 2.24) is 4.98 Å². The second-order valence-corrected chi connectivity index (χ2v) is 5.37. The predicted octanol–water partition coefficient (Wildman–Crippen LogP) is 3.52. The van der Waals surface area contributed by atoms with E-state index in [9.17, 15) is 9.59 Å². The minimum absolute atomic E-state index is 0.242. The number of benzene rings is 2. The molecule has 0 radical (unpaired) electrons. The summed E-state index contributed by atoms with van der Waals surface area (Å²) in [6.45, 7) is 1.51. The normalized spacial score (nSPS) is 10.6. The number of rotatable bonds is 5. The molecule has 0 bridgehead atoms. The Labute approximate surface area is 139 Å². The van der Waals surface area contributed by atoms with Crippen LogP contribution in [0.1, 0.15) is 26.4 Å². The lowest BCUT2D eigenvalue weighted by Crippen LogP contribution is -2.15. The first-order chi connectivity index (χ1) is 11.6. The van der Waals surface area contributed by atoms with Gasteiger partial charge < -0.3 is 14.5 Å². The zero-order valence-corrected chi connectivity index (χ0v) is 13.5. The van der Waals surface area contributed by atoms with Gasteiger partial charge in [-0.2, -0.15) is 0 Å². The molecule has 5 heteroatoms. The van der Waals surface area contributed by atoms with Crippen molar-refractivity contribution in [2.75, 3.05) is 13.7 Å². The van der Waals surface area contributed by atoms with Gasteiger partial charge in [-0.25, -0.2) is 4.79 Å². The van der Waals surface area contributed by atoms with Crippen LogP contribution in [0.25, 0.3) is 10.9 Å². The van der Waals surface area contributed by atoms with Gasteiger partial charge in [0.1, 0.15) is 11.3 Å². The van der Waals surface area contributed by atoms with E-state index in [1.165, 1.54) is 7.11 Å². The molecule has 5 nitrogen and oxygen atoms in total. The second-order valence-electron chi connectivity index (χ2n) is 5.37. The number of ketones is 1. The van der Waals surface area contributed by atoms with E-state index < -0.39 is 5.97 Å². The number of carbonyl (C=O) groups excluding carboxylic acids is 2. The van der Waals surface area contributed by atoms with Crippen LogP contribution >= 0.6 is 0 Å². The third-order valence-corrected chi connectivity index (χ3v) is 3.83. The van der Waals surface area contributed by atoms with Crippen LogP contribution in [-0.4, -0.2) is 30.5 Å². The minimum Gasteiger partial charge on any atom is -0.496 e. The number of Topliss-reactive ketones (excluding diaryl/α,β-unsaturated/α-hetero) is 1. The van der Waals surface area contributed by atoms with Crippen LogP contribution in [0.5, 0.6) is 5.75 Å². The summed E-state index contributed by atoms with van der Waals surface area (Å²) in [4.78, 5) is 27.9. The fourth-order valence-corrected chi connectivity index (χ4v) is 2.73. The number of para-hydroxylation sites is 2. The van der Waals surface area contributed by atoms with E-state index in [0.29, 0.717) is 16.9 Å². The maximum Gasteiger partial charge on any atom is 0.342 e. The number of esters is 1. The van der Waals surface area contributed by atoms with E-state index in [2.05, 4.69) is 4.98 Å². The molecule has 0 aliphatic heterocycles. The summed E-state index contributed by atoms with van der Waals surface area (Å²) in [6.07, 6.45) is 0. The van der Waals surface area contributed by atoms with Gasteiger partial charge in [-0.05, 0) is 25.1 Å². The molecule has 0 atom stereocenters. The largest absolute Gasteiger partial charge is 0.496 e. The van der Waals surface area contributed by atoms with E-state index in [-0.39, 0.29) is 12.4 Å². The summed E-state index contributed by atoms with van der Waals surface area (Å²) in [5.74, 6) is -0.412. The van der Waals surface area contributed by atoms with E-state index in [0.717, 1.165) is 16.6 Å². The second kappa shape index (κ2) is 6.58. The number of carbonyl (C=O) groups is 2. The molecule has 0 fully saturated rings. The molecule has 122 valence electrons. The zero-order valence-electron chi connectivity index (χ0n) is 13.5. The van der Waals surface area contributed by atoms with E-state index in [4.69, 9.17) is 9.47 Å². The van der Waals surface area contributed by atoms with Gasteiger partial charge in [0.05, 0.1) is 7.11 Å². The third kappa shape index (κ3) is 2.88. The Morgan fingerprint density at radius 3 is 2.54 bits per heavy atom. The highest BCUT2D eigenvalue weighted by Crippen LogP contribution is 2.23. The number of aromatic nitrogens is 1. The molecule has 24 heavy (non-hydrogen) atoms. The number of ether oxygens (including phenoxy) is 2. The van der Waals surface area contributed by atoms with Gasteiger partial charge in [-0.15, -0.1) is 0 Å². The standard InChI is InChI=1S/C19H17NO4/c1-12-18(13-7-3-5-9-15(13)20-12)16(21)11-24-19(22)14-8-4-6-10-17(14)23-2/h3-10,20H,11H2,1-2H3. The van der Waals surface area contributed by atoms with E-state index in [1.54, 1.807) is 24.3 Å². The van der Waals surface area contributed by atoms with Gasteiger partial charge in [0.15, 0.2) is 6.61 Å². The summed E-state index contributed by atoms with van der Waals surface area (Å²) in [7, 11) is 1.48. The Morgan fingerprint density at radius 2 is 1.75 bits per heavy atom. The van der Waals surface area contributed by atoms with Crippen molar-refractivity contribution in [3.05, 3.63) is 65.4 Å². The van der Waals surface area contributed by atoms with Crippen LogP contribution < -0.4 is 4.74 Å². The minimum atomic E-state index is -0.585. The molecule has 0 saturated carbocycles. The molecule has 3 rings (SSSR count). The van der Waals surface area contributed by atoms with Gasteiger partial charge >= 0.3 is 5.97 Å². The first kappa shape index (κ1) is 15.8. The molecule has 2 aromatic carbocycles. The van der Waals surface area contributed by atoms with Crippen molar-refractivity contribution in [1.29, 1.82) is 0 Å². The molecule has 1 N–H and O–H groups in total. The molecular weight excluding hydrogens is 306 g/mol. The topological polar surface area (TPSA) is 68.4 Å². The number of hydrogen-bond acceptors (Lipinski definition) is 4. The zero-order chi connectivity index (χ0) is 17.1. The van der Waals surface area contributed by atoms with Crippen LogP contribution in [0.4, 0.5) is 0 Å². The van der Waals surface area contributed by atoms with Crippen LogP contribution in [0.2, 0.25) is 0 Å². The smallest absolute Gasteiger partial charge is 0.342 e. The summed E-state index contributed by atoms with van der Waals surface area (Å²) < 4.78 is 10.3. The summed E-state index contributed by atoms with van der Waals surface area (Å²) in [5.41, 5.74) is 2.49. The molecule has 0 saturated heterocycles. The fraction of sp³-hybridized carbons (Fsp3) is 0.158. The van der Waals surface area contributed by atoms with Crippen LogP contribution in [0.3, 0.4) is 0 Å². The van der Waals surface area contributed by atoms with E-state index in [1.807, 2.05) is 31.2 Å². The highest BCUT2D eigenvalue weighted by Gasteiger charge is 2.19. The Kier molecular flexibility index (Phi) is 4.33. The predicted molar refractivity (Wildman–Crippen MR) is 90.6 cm³/mol. The Morgan fingerprint density at radius 1 is 1.04 bits per heavy atom. The van der Waals surface area contributed by atoms with Crippen molar-refractivity contribution in [3.63, 3.8) is 0 Å². The van der Waals surface area contributed by atoms with Crippen molar-refractivity contribution >= 4 is 22.7 Å². The summed E-state index contributed by atoms with van der Waals surface area (Å²) >= 11 is 0. The number of nitrogens with one attached hydrogen (secondary N) is 1. The number of H-pyrrole nitrogens is 1. The molecule has 1 heterocycles. The maximum absolute atomic E-state index is 12.5. The van der Waals surface area contributed by atoms with Crippen molar-refractivity contribution < 1.29 is 19.1 Å². The molecule has 0 aliphatic carbocycles. The van der Waals surface area contributed by atoms with Gasteiger partial charge in [-0.3, -0.25) is 4.79 Å². The summed E-state index contributed by atoms with van der Waals surface area (Å²) in [6, 6.07) is 14.3. The molecule has 3 aromatic rings. The Hall–Kier alpha value is -3.08. The van der Waals surface area contributed by atoms with Crippen LogP contribution in [0, 0.1) is 6.92 Å². The van der Waals surface area contributed by atoms with E-state index >= 15 is 0 Å². The van der Waals surface area contributed by atoms with Crippen molar-refractivity contribution in [2.24, 2.45) is 0 Å². The average molecular weight is 323 g/mol. The van der Waals surface area contributed by atoms with Crippen molar-refractivity contribution in [2.45, 2.75) is 6.92 Å². The number of fused-ring (bicyclic) bond motifs is 1. The van der Waals surface area contributed by atoms with Gasteiger partial charge in [0.25, 0.3) is 0 Å². The van der Waals surface area contributed by atoms with Crippen LogP contribution in [0.15, 0.2) is 48.5 Å². The third-order valence-electron chi connectivity index (χ3n) is 3.83. The van der Waals surface area contributed by atoms with Gasteiger partial charge in [0.2, 0.25) is 5.78 Å². The highest BCUT2D eigenvalue weighted by molar-refractivity contribution is 6.10. The fourth-order valence-electron chi connectivity index (χ4n) is 2.73. The number of methoxy groups -OCH3 is 1. The Balaban J connectivity index is 1.78. The lowest BCUT2D eigenvalue weighted by atomic mass is 10.1. The van der Waals surface area contributed by atoms with Gasteiger partial charge in [-0.1, -0.05) is 30.3 Å². The maximum atomic E-state index is 12.5.